The molecule has 0 unspecified atom stereocenters. The molecule has 0 bridgehead atoms. The second kappa shape index (κ2) is 16.9. The normalized spacial score (nSPS) is 13.5. The van der Waals surface area contributed by atoms with Crippen LogP contribution in [0.5, 0.6) is 0 Å². The Kier molecular flexibility index (Phi) is 11.1. The molecule has 0 amide bonds. The van der Waals surface area contributed by atoms with E-state index in [1.807, 2.05) is 11.3 Å². The van der Waals surface area contributed by atoms with Crippen LogP contribution in [0.2, 0.25) is 0 Å². The molecular formula is C66H66BN3S. The molecule has 1 aromatic heterocycles. The summed E-state index contributed by atoms with van der Waals surface area (Å²) in [5.41, 5.74) is 21.1. The van der Waals surface area contributed by atoms with Gasteiger partial charge in [0.15, 0.2) is 0 Å². The lowest BCUT2D eigenvalue weighted by Gasteiger charge is -2.43. The number of nitrogens with zero attached hydrogens (tertiary/aromatic N) is 3. The molecule has 3 heterocycles. The third-order valence-corrected chi connectivity index (χ3v) is 16.1. The Morgan fingerprint density at radius 3 is 1.37 bits per heavy atom. The molecule has 0 fully saturated rings. The molecule has 2 aliphatic heterocycles. The Labute approximate surface area is 427 Å². The Morgan fingerprint density at radius 1 is 0.394 bits per heavy atom. The van der Waals surface area contributed by atoms with Crippen LogP contribution in [0.3, 0.4) is 0 Å². The molecule has 5 heteroatoms. The average Bonchev–Trinajstić information content (AvgIpc) is 3.72. The molecule has 0 spiro atoms. The summed E-state index contributed by atoms with van der Waals surface area (Å²) in [6.07, 6.45) is 0. The first kappa shape index (κ1) is 46.6. The molecule has 2 aliphatic rings. The van der Waals surface area contributed by atoms with Crippen LogP contribution in [-0.2, 0) is 21.7 Å². The lowest BCUT2D eigenvalue weighted by Crippen LogP contribution is -2.60. The molecule has 0 radical (unpaired) electrons. The van der Waals surface area contributed by atoms with Crippen molar-refractivity contribution < 1.29 is 0 Å². The van der Waals surface area contributed by atoms with E-state index in [9.17, 15) is 0 Å². The van der Waals surface area contributed by atoms with E-state index in [-0.39, 0.29) is 28.4 Å². The molecule has 8 aromatic carbocycles. The van der Waals surface area contributed by atoms with E-state index in [1.165, 1.54) is 87.6 Å². The van der Waals surface area contributed by atoms with E-state index < -0.39 is 0 Å². The van der Waals surface area contributed by atoms with E-state index in [1.54, 1.807) is 0 Å². The van der Waals surface area contributed by atoms with Crippen LogP contribution >= 0.6 is 11.3 Å². The van der Waals surface area contributed by atoms with Gasteiger partial charge in [0, 0.05) is 60.4 Å². The van der Waals surface area contributed by atoms with E-state index in [0.29, 0.717) is 0 Å². The van der Waals surface area contributed by atoms with Crippen LogP contribution in [0.4, 0.5) is 51.2 Å². The highest BCUT2D eigenvalue weighted by Gasteiger charge is 2.45. The Bertz CT molecular complexity index is 3370. The number of anilines is 9. The van der Waals surface area contributed by atoms with Gasteiger partial charge in [-0.15, -0.1) is 11.3 Å². The fourth-order valence-corrected chi connectivity index (χ4v) is 12.1. The van der Waals surface area contributed by atoms with Gasteiger partial charge in [0.25, 0.3) is 6.71 Å². The highest BCUT2D eigenvalue weighted by molar-refractivity contribution is 7.33. The van der Waals surface area contributed by atoms with E-state index in [4.69, 9.17) is 0 Å². The lowest BCUT2D eigenvalue weighted by atomic mass is 9.36. The summed E-state index contributed by atoms with van der Waals surface area (Å²) >= 11 is 1.95. The number of thiophene rings is 1. The minimum atomic E-state index is -0.00129. The summed E-state index contributed by atoms with van der Waals surface area (Å²) in [5.74, 6) is 0. The molecular weight excluding hydrogens is 878 g/mol. The SMILES string of the molecule is CC(C)(C)c1ccc(N(c2ccc(C(C)(C)C)cc2)c2ccc3c(c2)N(c2ccc(C(C)(C)C)cc2)c2cccc4c2B3c2sc3ccc(-c5ccccc5)cc3c2N4c2ccc(C(C)(C)C)cc2)cc1. The maximum absolute atomic E-state index is 2.58. The summed E-state index contributed by atoms with van der Waals surface area (Å²) < 4.78 is 2.66. The van der Waals surface area contributed by atoms with Gasteiger partial charge in [-0.2, -0.15) is 0 Å². The average molecular weight is 944 g/mol. The number of rotatable bonds is 6. The molecule has 0 atom stereocenters. The van der Waals surface area contributed by atoms with Crippen molar-refractivity contribution in [2.75, 3.05) is 14.7 Å². The van der Waals surface area contributed by atoms with Gasteiger partial charge >= 0.3 is 0 Å². The van der Waals surface area contributed by atoms with Crippen LogP contribution in [0, 0.1) is 0 Å². The smallest absolute Gasteiger partial charge is 0.264 e. The van der Waals surface area contributed by atoms with Gasteiger partial charge in [-0.1, -0.05) is 180 Å². The van der Waals surface area contributed by atoms with Gasteiger partial charge in [-0.05, 0) is 151 Å². The minimum absolute atomic E-state index is 0.00129. The fourth-order valence-electron chi connectivity index (χ4n) is 10.8. The van der Waals surface area contributed by atoms with Crippen molar-refractivity contribution in [2.45, 2.75) is 105 Å². The summed E-state index contributed by atoms with van der Waals surface area (Å²) in [4.78, 5) is 7.58. The number of benzene rings is 8. The second-order valence-corrected chi connectivity index (χ2v) is 25.1. The van der Waals surface area contributed by atoms with Crippen LogP contribution in [-0.4, -0.2) is 6.71 Å². The van der Waals surface area contributed by atoms with Crippen LogP contribution in [0.15, 0.2) is 182 Å². The third-order valence-electron chi connectivity index (χ3n) is 14.9. The highest BCUT2D eigenvalue weighted by Crippen LogP contribution is 2.50. The fraction of sp³-hybridized carbons (Fsp3) is 0.242. The second-order valence-electron chi connectivity index (χ2n) is 24.0. The van der Waals surface area contributed by atoms with Gasteiger partial charge in [0.2, 0.25) is 0 Å². The van der Waals surface area contributed by atoms with Gasteiger partial charge in [-0.25, -0.2) is 0 Å². The zero-order valence-electron chi connectivity index (χ0n) is 43.6. The third kappa shape index (κ3) is 8.26. The van der Waals surface area contributed by atoms with Gasteiger partial charge in [-0.3, -0.25) is 0 Å². The van der Waals surface area contributed by atoms with Crippen molar-refractivity contribution in [3.05, 3.63) is 204 Å². The van der Waals surface area contributed by atoms with Gasteiger partial charge in [0.1, 0.15) is 0 Å². The predicted octanol–water partition coefficient (Wildman–Crippen LogP) is 17.3. The van der Waals surface area contributed by atoms with Crippen LogP contribution in [0.1, 0.15) is 105 Å². The zero-order valence-corrected chi connectivity index (χ0v) is 44.5. The van der Waals surface area contributed by atoms with E-state index in [0.717, 1.165) is 22.7 Å². The first-order valence-electron chi connectivity index (χ1n) is 25.5. The first-order chi connectivity index (χ1) is 33.7. The van der Waals surface area contributed by atoms with Gasteiger partial charge < -0.3 is 14.7 Å². The van der Waals surface area contributed by atoms with Crippen molar-refractivity contribution in [3.8, 4) is 11.1 Å². The Morgan fingerprint density at radius 2 is 0.859 bits per heavy atom. The Hall–Kier alpha value is -6.82. The molecule has 0 saturated carbocycles. The molecule has 0 N–H and O–H groups in total. The monoisotopic (exact) mass is 944 g/mol. The number of hydrogen-bond donors (Lipinski definition) is 0. The molecule has 3 nitrogen and oxygen atoms in total. The first-order valence-corrected chi connectivity index (χ1v) is 26.3. The summed E-state index contributed by atoms with van der Waals surface area (Å²) in [6, 6.07) is 69.4. The number of fused-ring (bicyclic) bond motifs is 6. The standard InChI is InChI=1S/C66H66BN3S/c1-63(2,3)45-22-30-49(31-23-45)68(50-32-24-46(25-33-50)64(4,5)6)53-38-39-55-58(42-53)69(51-34-26-47(27-35-51)65(7,8)9)56-19-16-20-57-60(56)67(55)62-61(70(57)52-36-28-48(29-37-52)66(10,11)12)54-41-44(21-40-59(54)71-62)43-17-14-13-15-18-43/h13-42H,1-12H3. The quantitative estimate of drug-likeness (QED) is 0.154. The van der Waals surface area contributed by atoms with Crippen molar-refractivity contribution in [2.24, 2.45) is 0 Å². The zero-order chi connectivity index (χ0) is 49.8. The lowest BCUT2D eigenvalue weighted by molar-refractivity contribution is 0.590. The molecule has 71 heavy (non-hydrogen) atoms. The molecule has 354 valence electrons. The summed E-state index contributed by atoms with van der Waals surface area (Å²) in [7, 11) is 0. The largest absolute Gasteiger partial charge is 0.311 e. The highest BCUT2D eigenvalue weighted by atomic mass is 32.1. The summed E-state index contributed by atoms with van der Waals surface area (Å²) in [5, 5.41) is 1.28. The van der Waals surface area contributed by atoms with Crippen LogP contribution in [0.25, 0.3) is 21.2 Å². The molecule has 11 rings (SSSR count). The maximum atomic E-state index is 2.58. The van der Waals surface area contributed by atoms with Crippen molar-refractivity contribution in [1.82, 2.24) is 0 Å². The van der Waals surface area contributed by atoms with Crippen molar-refractivity contribution in [3.63, 3.8) is 0 Å². The van der Waals surface area contributed by atoms with Crippen molar-refractivity contribution >= 4 is 95.0 Å². The topological polar surface area (TPSA) is 9.72 Å². The van der Waals surface area contributed by atoms with E-state index >= 15 is 0 Å². The van der Waals surface area contributed by atoms with Crippen molar-refractivity contribution in [1.29, 1.82) is 0 Å². The number of hydrogen-bond acceptors (Lipinski definition) is 4. The Balaban J connectivity index is 1.17. The maximum Gasteiger partial charge on any atom is 0.264 e. The predicted molar refractivity (Wildman–Crippen MR) is 311 cm³/mol. The molecule has 0 saturated heterocycles. The molecule has 9 aromatic rings. The van der Waals surface area contributed by atoms with E-state index in [2.05, 4.69) is 280 Å². The minimum Gasteiger partial charge on any atom is -0.311 e. The van der Waals surface area contributed by atoms with Crippen LogP contribution < -0.4 is 30.4 Å². The van der Waals surface area contributed by atoms with Gasteiger partial charge in [0.05, 0.1) is 5.69 Å². The molecule has 0 aliphatic carbocycles. The summed E-state index contributed by atoms with van der Waals surface area (Å²) in [6.45, 7) is 27.5.